The van der Waals surface area contributed by atoms with E-state index in [4.69, 9.17) is 35.1 Å². The fourth-order valence-electron chi connectivity index (χ4n) is 1.35. The first-order chi connectivity index (χ1) is 11.3. The molecule has 8 heteroatoms. The van der Waals surface area contributed by atoms with Crippen LogP contribution in [0.2, 0.25) is 0 Å². The van der Waals surface area contributed by atoms with Gasteiger partial charge in [0.25, 0.3) is 11.9 Å². The van der Waals surface area contributed by atoms with Crippen molar-refractivity contribution in [2.75, 3.05) is 6.61 Å². The fraction of sp³-hybridized carbons (Fsp3) is 0.412. The van der Waals surface area contributed by atoms with Gasteiger partial charge < -0.3 is 14.9 Å². The Hall–Kier alpha value is -2.55. The van der Waals surface area contributed by atoms with Crippen LogP contribution >= 0.6 is 0 Å². The molecule has 2 N–H and O–H groups in total. The van der Waals surface area contributed by atoms with Gasteiger partial charge >= 0.3 is 0 Å². The normalized spacial score (nSPS) is 7.88. The summed E-state index contributed by atoms with van der Waals surface area (Å²) in [6.45, 7) is 4.96. The van der Waals surface area contributed by atoms with Crippen molar-refractivity contribution in [3.63, 3.8) is 0 Å². The molecule has 1 rings (SSSR count). The number of benzene rings is 1. The van der Waals surface area contributed by atoms with Gasteiger partial charge in [0.05, 0.1) is 17.7 Å². The second kappa shape index (κ2) is 17.8. The number of carbonyl (C=O) groups is 2. The second-order valence-electron chi connectivity index (χ2n) is 4.52. The monoisotopic (exact) mass is 393 g/mol. The van der Waals surface area contributed by atoms with Crippen molar-refractivity contribution in [1.29, 1.82) is 10.5 Å². The number of carboxylic acid groups (broad SMARTS) is 2. The molecule has 0 unspecified atom stereocenters. The van der Waals surface area contributed by atoms with E-state index in [9.17, 15) is 0 Å². The van der Waals surface area contributed by atoms with Crippen LogP contribution in [0.4, 0.5) is 0 Å². The molecule has 0 amide bonds. The molecule has 0 saturated carbocycles. The summed E-state index contributed by atoms with van der Waals surface area (Å²) in [5.41, 5.74) is 0.763. The van der Waals surface area contributed by atoms with E-state index in [1.165, 1.54) is 0 Å². The van der Waals surface area contributed by atoms with Gasteiger partial charge in [-0.3, -0.25) is 9.59 Å². The first kappa shape index (κ1) is 27.3. The smallest absolute Gasteiger partial charge is 0.300 e. The van der Waals surface area contributed by atoms with Gasteiger partial charge in [0.15, 0.2) is 0 Å². The minimum absolute atomic E-state index is 0. The van der Waals surface area contributed by atoms with E-state index < -0.39 is 11.9 Å². The van der Waals surface area contributed by atoms with Crippen molar-refractivity contribution >= 4 is 11.9 Å². The molecule has 0 heterocycles. The van der Waals surface area contributed by atoms with Gasteiger partial charge in [0.1, 0.15) is 17.9 Å². The van der Waals surface area contributed by atoms with Crippen LogP contribution in [0.5, 0.6) is 5.75 Å². The second-order valence-corrected chi connectivity index (χ2v) is 4.52. The number of ether oxygens (including phenoxy) is 1. The van der Waals surface area contributed by atoms with Crippen LogP contribution in [0.1, 0.15) is 51.2 Å². The summed E-state index contributed by atoms with van der Waals surface area (Å²) in [7, 11) is 0. The molecule has 0 saturated heterocycles. The molecule has 0 aliphatic heterocycles. The summed E-state index contributed by atoms with van der Waals surface area (Å²) < 4.78 is 5.49. The molecule has 139 valence electrons. The van der Waals surface area contributed by atoms with Gasteiger partial charge in [-0.05, 0) is 24.6 Å². The average Bonchev–Trinajstić information content (AvgIpc) is 2.50. The first-order valence-electron chi connectivity index (χ1n) is 7.24. The van der Waals surface area contributed by atoms with Gasteiger partial charge in [0.2, 0.25) is 0 Å². The average molecular weight is 393 g/mol. The SMILES string of the molecule is CC(=O)O.CC(=O)O.CCCCCOc1ccc(C#N)c(C#N)c1.[Co]. The Morgan fingerprint density at radius 2 is 1.52 bits per heavy atom. The Morgan fingerprint density at radius 1 is 1.04 bits per heavy atom. The molecule has 1 aromatic carbocycles. The third-order valence-electron chi connectivity index (χ3n) is 2.25. The molecular formula is C17H22CoN2O5. The van der Waals surface area contributed by atoms with Gasteiger partial charge in [-0.15, -0.1) is 0 Å². The minimum atomic E-state index is -0.833. The van der Waals surface area contributed by atoms with E-state index in [-0.39, 0.29) is 16.8 Å². The van der Waals surface area contributed by atoms with Crippen molar-refractivity contribution in [3.8, 4) is 17.9 Å². The molecular weight excluding hydrogens is 371 g/mol. The molecule has 0 spiro atoms. The Balaban J connectivity index is -0.000000454. The standard InChI is InChI=1S/C13H14N2O.2C2H4O2.Co/c1-2-3-4-7-16-13-6-5-11(9-14)12(8-13)10-15;2*1-2(3)4;/h5-6,8H,2-4,7H2,1H3;2*1H3,(H,3,4);. The number of hydrogen-bond donors (Lipinski definition) is 2. The van der Waals surface area contributed by atoms with Crippen molar-refractivity contribution in [2.45, 2.75) is 40.0 Å². The number of aliphatic carboxylic acids is 2. The largest absolute Gasteiger partial charge is 0.494 e. The number of unbranched alkanes of at least 4 members (excludes halogenated alkanes) is 2. The first-order valence-corrected chi connectivity index (χ1v) is 7.24. The topological polar surface area (TPSA) is 131 Å². The van der Waals surface area contributed by atoms with Gasteiger partial charge in [0, 0.05) is 30.6 Å². The van der Waals surface area contributed by atoms with Crippen LogP contribution in [0.25, 0.3) is 0 Å². The van der Waals surface area contributed by atoms with Crippen LogP contribution in [0, 0.1) is 22.7 Å². The van der Waals surface area contributed by atoms with E-state index in [1.54, 1.807) is 18.2 Å². The maximum atomic E-state index is 9.00. The Labute approximate surface area is 158 Å². The molecule has 0 aromatic heterocycles. The van der Waals surface area contributed by atoms with Crippen LogP contribution in [-0.2, 0) is 26.4 Å². The predicted octanol–water partition coefficient (Wildman–Crippen LogP) is 3.18. The zero-order valence-electron chi connectivity index (χ0n) is 14.4. The zero-order chi connectivity index (χ0) is 19.0. The minimum Gasteiger partial charge on any atom is -0.494 e. The molecule has 0 aliphatic rings. The van der Waals surface area contributed by atoms with E-state index >= 15 is 0 Å². The maximum absolute atomic E-state index is 9.00. The van der Waals surface area contributed by atoms with Crippen LogP contribution in [0.15, 0.2) is 18.2 Å². The Kier molecular flexibility index (Phi) is 19.4. The van der Waals surface area contributed by atoms with Crippen molar-refractivity contribution in [1.82, 2.24) is 0 Å². The van der Waals surface area contributed by atoms with Gasteiger partial charge in [-0.1, -0.05) is 19.8 Å². The van der Waals surface area contributed by atoms with E-state index in [0.29, 0.717) is 23.5 Å². The number of nitrogens with zero attached hydrogens (tertiary/aromatic N) is 2. The number of hydrogen-bond acceptors (Lipinski definition) is 5. The van der Waals surface area contributed by atoms with E-state index in [2.05, 4.69) is 6.92 Å². The van der Waals surface area contributed by atoms with E-state index in [1.807, 2.05) is 12.1 Å². The molecule has 7 nitrogen and oxygen atoms in total. The number of nitriles is 2. The predicted molar refractivity (Wildman–Crippen MR) is 87.5 cm³/mol. The van der Waals surface area contributed by atoms with Gasteiger partial charge in [-0.2, -0.15) is 10.5 Å². The molecule has 0 aliphatic carbocycles. The summed E-state index contributed by atoms with van der Waals surface area (Å²) >= 11 is 0. The van der Waals surface area contributed by atoms with Crippen molar-refractivity contribution < 1.29 is 41.3 Å². The fourth-order valence-corrected chi connectivity index (χ4v) is 1.35. The van der Waals surface area contributed by atoms with E-state index in [0.717, 1.165) is 33.1 Å². The summed E-state index contributed by atoms with van der Waals surface area (Å²) in [4.78, 5) is 18.0. The van der Waals surface area contributed by atoms with Crippen molar-refractivity contribution in [3.05, 3.63) is 29.3 Å². The molecule has 0 fully saturated rings. The zero-order valence-corrected chi connectivity index (χ0v) is 15.4. The van der Waals surface area contributed by atoms with Crippen LogP contribution < -0.4 is 4.74 Å². The molecule has 1 radical (unpaired) electrons. The summed E-state index contributed by atoms with van der Waals surface area (Å²) in [5.74, 6) is -1.01. The Bertz CT molecular complexity index is 586. The molecule has 0 atom stereocenters. The molecule has 1 aromatic rings. The third kappa shape index (κ3) is 19.4. The molecule has 25 heavy (non-hydrogen) atoms. The summed E-state index contributed by atoms with van der Waals surface area (Å²) in [5, 5.41) is 32.4. The quantitative estimate of drug-likeness (QED) is 0.735. The summed E-state index contributed by atoms with van der Waals surface area (Å²) in [6.07, 6.45) is 3.31. The van der Waals surface area contributed by atoms with Crippen LogP contribution in [-0.4, -0.2) is 28.8 Å². The maximum Gasteiger partial charge on any atom is 0.300 e. The summed E-state index contributed by atoms with van der Waals surface area (Å²) in [6, 6.07) is 8.92. The Morgan fingerprint density at radius 3 is 1.92 bits per heavy atom. The van der Waals surface area contributed by atoms with Crippen molar-refractivity contribution in [2.24, 2.45) is 0 Å². The van der Waals surface area contributed by atoms with Crippen LogP contribution in [0.3, 0.4) is 0 Å². The molecule has 0 bridgehead atoms. The number of rotatable bonds is 5. The van der Waals surface area contributed by atoms with Gasteiger partial charge in [-0.25, -0.2) is 0 Å². The third-order valence-corrected chi connectivity index (χ3v) is 2.25. The number of carboxylic acids is 2.